The molecular weight excluding hydrogens is 246 g/mol. The first-order chi connectivity index (χ1) is 8.61. The number of nitrogens with zero attached hydrogens (tertiary/aromatic N) is 3. The highest BCUT2D eigenvalue weighted by atomic mass is 32.1. The number of nitrogens with two attached hydrogens (primary N) is 1. The summed E-state index contributed by atoms with van der Waals surface area (Å²) in [7, 11) is 0. The number of hydrogen-bond acceptors (Lipinski definition) is 6. The molecule has 3 N–H and O–H groups in total. The third kappa shape index (κ3) is 2.41. The quantitative estimate of drug-likeness (QED) is 0.884. The number of aryl methyl sites for hydroxylation is 1. The number of nitriles is 1. The molecule has 0 spiro atoms. The molecule has 0 aliphatic carbocycles. The lowest BCUT2D eigenvalue weighted by atomic mass is 10.2. The largest absolute Gasteiger partial charge is 0.395 e. The van der Waals surface area contributed by atoms with Crippen LogP contribution >= 0.6 is 11.3 Å². The third-order valence-electron chi connectivity index (χ3n) is 2.47. The Morgan fingerprint density at radius 1 is 1.50 bits per heavy atom. The Morgan fingerprint density at radius 2 is 2.28 bits per heavy atom. The molecule has 2 aromatic heterocycles. The Kier molecular flexibility index (Phi) is 3.44. The Balaban J connectivity index is 2.22. The van der Waals surface area contributed by atoms with E-state index in [2.05, 4.69) is 15.3 Å². The van der Waals surface area contributed by atoms with Gasteiger partial charge in [0.2, 0.25) is 0 Å². The first-order valence-electron chi connectivity index (χ1n) is 5.45. The molecule has 2 rings (SSSR count). The Bertz CT molecular complexity index is 599. The van der Waals surface area contributed by atoms with Crippen LogP contribution in [0.5, 0.6) is 0 Å². The first kappa shape index (κ1) is 12.3. The van der Waals surface area contributed by atoms with Gasteiger partial charge in [0, 0.05) is 17.3 Å². The van der Waals surface area contributed by atoms with Gasteiger partial charge in [-0.3, -0.25) is 0 Å². The van der Waals surface area contributed by atoms with Crippen molar-refractivity contribution < 1.29 is 0 Å². The van der Waals surface area contributed by atoms with Crippen LogP contribution in [-0.4, -0.2) is 9.97 Å². The number of anilines is 2. The van der Waals surface area contributed by atoms with Crippen LogP contribution in [0.3, 0.4) is 0 Å². The van der Waals surface area contributed by atoms with E-state index in [9.17, 15) is 0 Å². The maximum absolute atomic E-state index is 8.90. The SMILES string of the molecule is Cc1cnc(C(C)Nc2nccc(C#N)c2N)s1. The van der Waals surface area contributed by atoms with Gasteiger partial charge in [0.15, 0.2) is 5.82 Å². The van der Waals surface area contributed by atoms with Crippen molar-refractivity contribution in [1.82, 2.24) is 9.97 Å². The van der Waals surface area contributed by atoms with Crippen LogP contribution in [-0.2, 0) is 0 Å². The van der Waals surface area contributed by atoms with Crippen LogP contribution < -0.4 is 11.1 Å². The van der Waals surface area contributed by atoms with Crippen molar-refractivity contribution >= 4 is 22.8 Å². The molecule has 1 atom stereocenters. The molecule has 2 heterocycles. The second-order valence-corrected chi connectivity index (χ2v) is 5.17. The fourth-order valence-electron chi connectivity index (χ4n) is 1.52. The normalized spacial score (nSPS) is 11.8. The van der Waals surface area contributed by atoms with E-state index in [1.54, 1.807) is 23.6 Å². The van der Waals surface area contributed by atoms with E-state index < -0.39 is 0 Å². The van der Waals surface area contributed by atoms with Crippen molar-refractivity contribution in [3.05, 3.63) is 33.9 Å². The predicted molar refractivity (Wildman–Crippen MR) is 72.3 cm³/mol. The summed E-state index contributed by atoms with van der Waals surface area (Å²) >= 11 is 1.62. The minimum Gasteiger partial charge on any atom is -0.395 e. The van der Waals surface area contributed by atoms with Gasteiger partial charge in [0.1, 0.15) is 11.1 Å². The molecule has 6 heteroatoms. The summed E-state index contributed by atoms with van der Waals surface area (Å²) in [5, 5.41) is 13.0. The Labute approximate surface area is 109 Å². The van der Waals surface area contributed by atoms with Crippen molar-refractivity contribution in [3.8, 4) is 6.07 Å². The summed E-state index contributed by atoms with van der Waals surface area (Å²) in [6, 6.07) is 3.64. The molecule has 18 heavy (non-hydrogen) atoms. The zero-order valence-electron chi connectivity index (χ0n) is 10.1. The number of thiazole rings is 1. The fraction of sp³-hybridized carbons (Fsp3) is 0.250. The molecular formula is C12H13N5S. The Hall–Kier alpha value is -2.13. The number of nitrogens with one attached hydrogen (secondary N) is 1. The fourth-order valence-corrected chi connectivity index (χ4v) is 2.30. The van der Waals surface area contributed by atoms with Gasteiger partial charge in [0.05, 0.1) is 17.3 Å². The highest BCUT2D eigenvalue weighted by molar-refractivity contribution is 7.11. The van der Waals surface area contributed by atoms with E-state index in [0.717, 1.165) is 9.88 Å². The van der Waals surface area contributed by atoms with Crippen molar-refractivity contribution in [2.45, 2.75) is 19.9 Å². The van der Waals surface area contributed by atoms with Crippen LogP contribution in [0, 0.1) is 18.3 Å². The molecule has 1 unspecified atom stereocenters. The Morgan fingerprint density at radius 3 is 2.89 bits per heavy atom. The van der Waals surface area contributed by atoms with Gasteiger partial charge in [-0.2, -0.15) is 5.26 Å². The van der Waals surface area contributed by atoms with Crippen molar-refractivity contribution in [1.29, 1.82) is 5.26 Å². The van der Waals surface area contributed by atoms with Crippen molar-refractivity contribution in [2.24, 2.45) is 0 Å². The van der Waals surface area contributed by atoms with Crippen molar-refractivity contribution in [3.63, 3.8) is 0 Å². The summed E-state index contributed by atoms with van der Waals surface area (Å²) in [5.74, 6) is 0.523. The van der Waals surface area contributed by atoms with Gasteiger partial charge in [-0.05, 0) is 19.9 Å². The molecule has 5 nitrogen and oxygen atoms in total. The first-order valence-corrected chi connectivity index (χ1v) is 6.27. The molecule has 0 fully saturated rings. The smallest absolute Gasteiger partial charge is 0.151 e. The second kappa shape index (κ2) is 5.02. The van der Waals surface area contributed by atoms with E-state index in [1.807, 2.05) is 26.1 Å². The van der Waals surface area contributed by atoms with Crippen LogP contribution in [0.2, 0.25) is 0 Å². The summed E-state index contributed by atoms with van der Waals surface area (Å²) in [5.41, 5.74) is 6.66. The molecule has 92 valence electrons. The number of pyridine rings is 1. The number of aromatic nitrogens is 2. The summed E-state index contributed by atoms with van der Waals surface area (Å²) in [6.07, 6.45) is 3.40. The lowest BCUT2D eigenvalue weighted by Gasteiger charge is -2.13. The van der Waals surface area contributed by atoms with Gasteiger partial charge in [-0.15, -0.1) is 11.3 Å². The van der Waals surface area contributed by atoms with E-state index in [1.165, 1.54) is 0 Å². The number of nitrogen functional groups attached to an aromatic ring is 1. The summed E-state index contributed by atoms with van der Waals surface area (Å²) in [6.45, 7) is 4.00. The zero-order valence-corrected chi connectivity index (χ0v) is 11.0. The van der Waals surface area contributed by atoms with Gasteiger partial charge < -0.3 is 11.1 Å². The average molecular weight is 259 g/mol. The van der Waals surface area contributed by atoms with E-state index in [-0.39, 0.29) is 6.04 Å². The zero-order chi connectivity index (χ0) is 13.1. The lowest BCUT2D eigenvalue weighted by molar-refractivity contribution is 0.861. The molecule has 0 amide bonds. The summed E-state index contributed by atoms with van der Waals surface area (Å²) in [4.78, 5) is 9.61. The molecule has 0 saturated heterocycles. The minimum atomic E-state index is 0.00689. The van der Waals surface area contributed by atoms with Gasteiger partial charge >= 0.3 is 0 Å². The molecule has 0 aliphatic rings. The summed E-state index contributed by atoms with van der Waals surface area (Å²) < 4.78 is 0. The monoisotopic (exact) mass is 259 g/mol. The molecule has 2 aromatic rings. The number of hydrogen-bond donors (Lipinski definition) is 2. The lowest BCUT2D eigenvalue weighted by Crippen LogP contribution is -2.10. The van der Waals surface area contributed by atoms with Crippen LogP contribution in [0.15, 0.2) is 18.5 Å². The maximum atomic E-state index is 8.90. The standard InChI is InChI=1S/C12H13N5S/c1-7-6-16-12(18-7)8(2)17-11-10(14)9(5-13)3-4-15-11/h3-4,6,8H,14H2,1-2H3,(H,15,17). The maximum Gasteiger partial charge on any atom is 0.151 e. The number of rotatable bonds is 3. The third-order valence-corrected chi connectivity index (χ3v) is 3.57. The molecule has 0 aliphatic heterocycles. The highest BCUT2D eigenvalue weighted by Gasteiger charge is 2.13. The van der Waals surface area contributed by atoms with Crippen molar-refractivity contribution in [2.75, 3.05) is 11.1 Å². The minimum absolute atomic E-state index is 0.00689. The van der Waals surface area contributed by atoms with Gasteiger partial charge in [-0.25, -0.2) is 9.97 Å². The molecule has 0 bridgehead atoms. The van der Waals surface area contributed by atoms with Crippen LogP contribution in [0.1, 0.15) is 28.4 Å². The molecule has 0 radical (unpaired) electrons. The van der Waals surface area contributed by atoms with E-state index in [0.29, 0.717) is 17.1 Å². The van der Waals surface area contributed by atoms with Gasteiger partial charge in [0.25, 0.3) is 0 Å². The van der Waals surface area contributed by atoms with Crippen LogP contribution in [0.25, 0.3) is 0 Å². The van der Waals surface area contributed by atoms with E-state index >= 15 is 0 Å². The van der Waals surface area contributed by atoms with Gasteiger partial charge in [-0.1, -0.05) is 0 Å². The second-order valence-electron chi connectivity index (χ2n) is 3.91. The highest BCUT2D eigenvalue weighted by Crippen LogP contribution is 2.26. The van der Waals surface area contributed by atoms with Crippen LogP contribution in [0.4, 0.5) is 11.5 Å². The molecule has 0 aromatic carbocycles. The average Bonchev–Trinajstić information content (AvgIpc) is 2.78. The molecule has 0 saturated carbocycles. The van der Waals surface area contributed by atoms with E-state index in [4.69, 9.17) is 11.0 Å². The predicted octanol–water partition coefficient (Wildman–Crippen LogP) is 2.47. The topological polar surface area (TPSA) is 87.6 Å².